The van der Waals surface area contributed by atoms with Crippen LogP contribution in [0.5, 0.6) is 0 Å². The average Bonchev–Trinajstić information content (AvgIpc) is 2.57. The minimum atomic E-state index is -0.308. The molecule has 3 rings (SSSR count). The van der Waals surface area contributed by atoms with Gasteiger partial charge in [0.15, 0.2) is 0 Å². The van der Waals surface area contributed by atoms with E-state index in [1.54, 1.807) is 18.3 Å². The molecule has 0 aliphatic carbocycles. The Balaban J connectivity index is 1.57. The van der Waals surface area contributed by atoms with Crippen molar-refractivity contribution in [1.29, 1.82) is 0 Å². The molecule has 1 aliphatic heterocycles. The fourth-order valence-electron chi connectivity index (χ4n) is 2.29. The lowest BCUT2D eigenvalue weighted by molar-refractivity contribution is 0.122. The zero-order chi connectivity index (χ0) is 15.2. The van der Waals surface area contributed by atoms with E-state index in [1.807, 2.05) is 30.3 Å². The standard InChI is InChI=1S/C16H18N4O2/c21-16(19-15-3-1-2-8-17-15)18-13-4-6-14(7-5-13)20-9-11-22-12-10-20/h1-8H,9-12H2,(H2,17,18,19,21). The number of hydrogen-bond donors (Lipinski definition) is 2. The lowest BCUT2D eigenvalue weighted by atomic mass is 10.2. The molecule has 6 heteroatoms. The summed E-state index contributed by atoms with van der Waals surface area (Å²) in [7, 11) is 0. The minimum Gasteiger partial charge on any atom is -0.378 e. The van der Waals surface area contributed by atoms with Crippen molar-refractivity contribution in [3.05, 3.63) is 48.7 Å². The van der Waals surface area contributed by atoms with Crippen LogP contribution in [0, 0.1) is 0 Å². The molecule has 2 aromatic rings. The molecule has 1 aliphatic rings. The van der Waals surface area contributed by atoms with E-state index in [1.165, 1.54) is 0 Å². The number of carbonyl (C=O) groups excluding carboxylic acids is 1. The molecule has 0 spiro atoms. The fraction of sp³-hybridized carbons (Fsp3) is 0.250. The van der Waals surface area contributed by atoms with Gasteiger partial charge >= 0.3 is 6.03 Å². The number of rotatable bonds is 3. The zero-order valence-corrected chi connectivity index (χ0v) is 12.2. The van der Waals surface area contributed by atoms with E-state index in [-0.39, 0.29) is 6.03 Å². The Morgan fingerprint density at radius 3 is 2.50 bits per heavy atom. The number of anilines is 3. The molecule has 1 aromatic heterocycles. The molecule has 1 saturated heterocycles. The van der Waals surface area contributed by atoms with Crippen molar-refractivity contribution in [2.24, 2.45) is 0 Å². The number of benzene rings is 1. The molecule has 2 heterocycles. The largest absolute Gasteiger partial charge is 0.378 e. The third-order valence-corrected chi connectivity index (χ3v) is 3.41. The number of aromatic nitrogens is 1. The maximum Gasteiger partial charge on any atom is 0.324 e. The second-order valence-electron chi connectivity index (χ2n) is 4.94. The second-order valence-corrected chi connectivity index (χ2v) is 4.94. The van der Waals surface area contributed by atoms with Crippen molar-refractivity contribution in [3.8, 4) is 0 Å². The Morgan fingerprint density at radius 1 is 1.05 bits per heavy atom. The first-order chi connectivity index (χ1) is 10.8. The van der Waals surface area contributed by atoms with Crippen LogP contribution >= 0.6 is 0 Å². The van der Waals surface area contributed by atoms with E-state index >= 15 is 0 Å². The van der Waals surface area contributed by atoms with E-state index in [9.17, 15) is 4.79 Å². The maximum absolute atomic E-state index is 11.9. The summed E-state index contributed by atoms with van der Waals surface area (Å²) in [5.41, 5.74) is 1.88. The van der Waals surface area contributed by atoms with Gasteiger partial charge in [-0.2, -0.15) is 0 Å². The predicted octanol–water partition coefficient (Wildman–Crippen LogP) is 2.56. The molecule has 0 atom stereocenters. The Labute approximate surface area is 129 Å². The van der Waals surface area contributed by atoms with Crippen LogP contribution in [0.1, 0.15) is 0 Å². The third-order valence-electron chi connectivity index (χ3n) is 3.41. The van der Waals surface area contributed by atoms with Gasteiger partial charge in [0.2, 0.25) is 0 Å². The zero-order valence-electron chi connectivity index (χ0n) is 12.2. The van der Waals surface area contributed by atoms with Crippen LogP contribution in [0.3, 0.4) is 0 Å². The smallest absolute Gasteiger partial charge is 0.324 e. The molecule has 6 nitrogen and oxygen atoms in total. The van der Waals surface area contributed by atoms with Crippen LogP contribution in [-0.2, 0) is 4.74 Å². The molecule has 1 fully saturated rings. The molecule has 2 N–H and O–H groups in total. The summed E-state index contributed by atoms with van der Waals surface area (Å²) >= 11 is 0. The second kappa shape index (κ2) is 6.91. The van der Waals surface area contributed by atoms with Crippen molar-refractivity contribution < 1.29 is 9.53 Å². The van der Waals surface area contributed by atoms with Crippen molar-refractivity contribution >= 4 is 23.2 Å². The molecule has 1 aromatic carbocycles. The molecule has 0 unspecified atom stereocenters. The van der Waals surface area contributed by atoms with Gasteiger partial charge in [0.05, 0.1) is 13.2 Å². The molecule has 0 radical (unpaired) electrons. The number of pyridine rings is 1. The van der Waals surface area contributed by atoms with Crippen LogP contribution in [0.25, 0.3) is 0 Å². The van der Waals surface area contributed by atoms with Crippen LogP contribution in [-0.4, -0.2) is 37.3 Å². The Bertz CT molecular complexity index is 610. The predicted molar refractivity (Wildman–Crippen MR) is 86.4 cm³/mol. The monoisotopic (exact) mass is 298 g/mol. The fourth-order valence-corrected chi connectivity index (χ4v) is 2.29. The van der Waals surface area contributed by atoms with Crippen LogP contribution < -0.4 is 15.5 Å². The van der Waals surface area contributed by atoms with Gasteiger partial charge in [-0.15, -0.1) is 0 Å². The summed E-state index contributed by atoms with van der Waals surface area (Å²) < 4.78 is 5.34. The molecule has 0 bridgehead atoms. The topological polar surface area (TPSA) is 66.5 Å². The number of morpholine rings is 1. The normalized spacial score (nSPS) is 14.5. The first-order valence-corrected chi connectivity index (χ1v) is 7.23. The highest BCUT2D eigenvalue weighted by atomic mass is 16.5. The number of nitrogens with one attached hydrogen (secondary N) is 2. The van der Waals surface area contributed by atoms with E-state index in [2.05, 4.69) is 20.5 Å². The highest BCUT2D eigenvalue weighted by molar-refractivity contribution is 5.99. The van der Waals surface area contributed by atoms with E-state index in [4.69, 9.17) is 4.74 Å². The Morgan fingerprint density at radius 2 is 1.82 bits per heavy atom. The molecule has 2 amide bonds. The number of urea groups is 1. The first kappa shape index (κ1) is 14.3. The number of amides is 2. The highest BCUT2D eigenvalue weighted by Crippen LogP contribution is 2.19. The van der Waals surface area contributed by atoms with Gasteiger partial charge in [0.1, 0.15) is 5.82 Å². The third kappa shape index (κ3) is 3.73. The van der Waals surface area contributed by atoms with Crippen molar-refractivity contribution in [2.75, 3.05) is 41.8 Å². The molecule has 114 valence electrons. The summed E-state index contributed by atoms with van der Waals surface area (Å²) in [6.07, 6.45) is 1.63. The van der Waals surface area contributed by atoms with Crippen molar-refractivity contribution in [3.63, 3.8) is 0 Å². The number of ether oxygens (including phenoxy) is 1. The Hall–Kier alpha value is -2.60. The summed E-state index contributed by atoms with van der Waals surface area (Å²) in [5.74, 6) is 0.518. The lowest BCUT2D eigenvalue weighted by Crippen LogP contribution is -2.36. The average molecular weight is 298 g/mol. The van der Waals surface area contributed by atoms with Gasteiger partial charge in [-0.3, -0.25) is 5.32 Å². The minimum absolute atomic E-state index is 0.308. The van der Waals surface area contributed by atoms with E-state index in [0.717, 1.165) is 37.7 Å². The van der Waals surface area contributed by atoms with Gasteiger partial charge < -0.3 is 15.0 Å². The van der Waals surface area contributed by atoms with Gasteiger partial charge in [-0.05, 0) is 36.4 Å². The van der Waals surface area contributed by atoms with Gasteiger partial charge in [-0.25, -0.2) is 9.78 Å². The SMILES string of the molecule is O=C(Nc1ccc(N2CCOCC2)cc1)Nc1ccccn1. The van der Waals surface area contributed by atoms with Crippen LogP contribution in [0.2, 0.25) is 0 Å². The maximum atomic E-state index is 11.9. The summed E-state index contributed by atoms with van der Waals surface area (Å²) in [4.78, 5) is 18.2. The first-order valence-electron chi connectivity index (χ1n) is 7.23. The van der Waals surface area contributed by atoms with Crippen molar-refractivity contribution in [1.82, 2.24) is 4.98 Å². The van der Waals surface area contributed by atoms with Gasteiger partial charge in [0, 0.05) is 30.7 Å². The van der Waals surface area contributed by atoms with Gasteiger partial charge in [-0.1, -0.05) is 6.07 Å². The molecule has 0 saturated carbocycles. The molecular formula is C16H18N4O2. The number of carbonyl (C=O) groups is 1. The van der Waals surface area contributed by atoms with Gasteiger partial charge in [0.25, 0.3) is 0 Å². The van der Waals surface area contributed by atoms with E-state index in [0.29, 0.717) is 5.82 Å². The summed E-state index contributed by atoms with van der Waals surface area (Å²) in [6.45, 7) is 3.30. The number of hydrogen-bond acceptors (Lipinski definition) is 4. The summed E-state index contributed by atoms with van der Waals surface area (Å²) in [6, 6.07) is 12.8. The lowest BCUT2D eigenvalue weighted by Gasteiger charge is -2.28. The molecule has 22 heavy (non-hydrogen) atoms. The quantitative estimate of drug-likeness (QED) is 0.914. The van der Waals surface area contributed by atoms with Crippen molar-refractivity contribution in [2.45, 2.75) is 0 Å². The highest BCUT2D eigenvalue weighted by Gasteiger charge is 2.11. The van der Waals surface area contributed by atoms with Crippen LogP contribution in [0.4, 0.5) is 22.0 Å². The Kier molecular flexibility index (Phi) is 4.50. The summed E-state index contributed by atoms with van der Waals surface area (Å²) in [5, 5.41) is 5.47. The van der Waals surface area contributed by atoms with Crippen LogP contribution in [0.15, 0.2) is 48.7 Å². The van der Waals surface area contributed by atoms with E-state index < -0.39 is 0 Å². The molecular weight excluding hydrogens is 280 g/mol. The number of nitrogens with zero attached hydrogens (tertiary/aromatic N) is 2.